The van der Waals surface area contributed by atoms with Crippen molar-refractivity contribution in [3.63, 3.8) is 0 Å². The number of nitrogens with zero attached hydrogens (tertiary/aromatic N) is 1. The van der Waals surface area contributed by atoms with Gasteiger partial charge in [-0.2, -0.15) is 0 Å². The second-order valence-corrected chi connectivity index (χ2v) is 18.2. The molecule has 0 bridgehead atoms. The highest BCUT2D eigenvalue weighted by Crippen LogP contribution is 2.50. The highest BCUT2D eigenvalue weighted by atomic mass is 32.2. The van der Waals surface area contributed by atoms with Crippen LogP contribution in [0.4, 0.5) is 0 Å². The minimum absolute atomic E-state index is 0.240. The fraction of sp³-hybridized carbons (Fsp3) is 0.375. The Morgan fingerprint density at radius 3 is 2.63 bits per heavy atom. The highest BCUT2D eigenvalue weighted by Gasteiger charge is 2.40. The molecule has 0 saturated carbocycles. The van der Waals surface area contributed by atoms with E-state index >= 15 is 0 Å². The summed E-state index contributed by atoms with van der Waals surface area (Å²) in [5.41, 5.74) is 12.0. The maximum atomic E-state index is 6.76. The van der Waals surface area contributed by atoms with Crippen molar-refractivity contribution in [1.82, 2.24) is 4.90 Å². The number of rotatable bonds is 5. The second kappa shape index (κ2) is 13.0. The minimum atomic E-state index is 0.240. The maximum Gasteiger partial charge on any atom is 0.109 e. The van der Waals surface area contributed by atoms with Crippen LogP contribution in [0.1, 0.15) is 81.1 Å². The first-order valence-electron chi connectivity index (χ1n) is 20.1. The molecule has 0 aromatic carbocycles. The van der Waals surface area contributed by atoms with Gasteiger partial charge in [0, 0.05) is 56.2 Å². The van der Waals surface area contributed by atoms with Gasteiger partial charge in [-0.05, 0) is 110 Å². The van der Waals surface area contributed by atoms with Crippen LogP contribution in [-0.4, -0.2) is 22.3 Å². The van der Waals surface area contributed by atoms with Gasteiger partial charge >= 0.3 is 0 Å². The zero-order chi connectivity index (χ0) is 34.2. The molecule has 1 aromatic rings. The Morgan fingerprint density at radius 1 is 0.750 bits per heavy atom. The number of thiophene rings is 1. The molecule has 0 spiro atoms. The second-order valence-electron chi connectivity index (χ2n) is 16.0. The molecule has 3 heterocycles. The van der Waals surface area contributed by atoms with E-state index in [-0.39, 0.29) is 6.04 Å². The molecule has 8 aliphatic carbocycles. The Kier molecular flexibility index (Phi) is 7.93. The predicted molar refractivity (Wildman–Crippen MR) is 219 cm³/mol. The Hall–Kier alpha value is -3.73. The van der Waals surface area contributed by atoms with E-state index in [1.54, 1.807) is 11.1 Å². The molecule has 262 valence electrons. The van der Waals surface area contributed by atoms with Gasteiger partial charge in [0.2, 0.25) is 0 Å². The number of allylic oxidation sites excluding steroid dienone is 17. The van der Waals surface area contributed by atoms with Gasteiger partial charge in [-0.15, -0.1) is 23.1 Å². The zero-order valence-electron chi connectivity index (χ0n) is 29.9. The van der Waals surface area contributed by atoms with E-state index in [9.17, 15) is 0 Å². The lowest BCUT2D eigenvalue weighted by atomic mass is 9.81. The van der Waals surface area contributed by atoms with E-state index < -0.39 is 0 Å². The standard InChI is InChI=1S/C48H47NOS2/c1-2-10-31(11-3-1)35-14-8-15-40-41-16-9-17-42(48(41)52-47(35)40)49(34-25-27-37-36-12-4-6-18-43(36)50-44(37)29-34)33-23-20-30(21-24-33)32-22-26-39-38-13-5-7-19-45(38)51-46(39)28-32/h2,4,7,10-12,14,16,19-20,22-28,30,34,36,39,43,46H,1,3,5-6,8-9,13,15,17-18,21,29H2. The molecular weight excluding hydrogens is 671 g/mol. The minimum Gasteiger partial charge on any atom is -0.493 e. The summed E-state index contributed by atoms with van der Waals surface area (Å²) in [6, 6.07) is 0.240. The zero-order valence-corrected chi connectivity index (χ0v) is 31.6. The van der Waals surface area contributed by atoms with E-state index in [0.717, 1.165) is 64.2 Å². The summed E-state index contributed by atoms with van der Waals surface area (Å²) < 4.78 is 8.27. The third-order valence-corrected chi connectivity index (χ3v) is 15.7. The molecule has 0 saturated heterocycles. The number of hydrogen-bond acceptors (Lipinski definition) is 4. The largest absolute Gasteiger partial charge is 0.493 e. The lowest BCUT2D eigenvalue weighted by molar-refractivity contribution is 0.104. The fourth-order valence-corrected chi connectivity index (χ4v) is 13.4. The molecule has 4 heteroatoms. The van der Waals surface area contributed by atoms with Crippen LogP contribution >= 0.6 is 23.1 Å². The topological polar surface area (TPSA) is 12.5 Å². The van der Waals surface area contributed by atoms with Gasteiger partial charge in [0.1, 0.15) is 11.9 Å². The first-order valence-corrected chi connectivity index (χ1v) is 21.8. The monoisotopic (exact) mass is 717 g/mol. The number of thioether (sulfide) groups is 1. The van der Waals surface area contributed by atoms with Crippen molar-refractivity contribution in [3.05, 3.63) is 156 Å². The lowest BCUT2D eigenvalue weighted by Crippen LogP contribution is -2.40. The molecule has 6 atom stereocenters. The van der Waals surface area contributed by atoms with Gasteiger partial charge in [0.15, 0.2) is 0 Å². The van der Waals surface area contributed by atoms with Crippen LogP contribution in [0.15, 0.2) is 136 Å². The normalized spacial score (nSPS) is 32.1. The molecule has 0 amide bonds. The quantitative estimate of drug-likeness (QED) is 0.282. The van der Waals surface area contributed by atoms with Crippen LogP contribution in [0.5, 0.6) is 0 Å². The maximum absolute atomic E-state index is 6.76. The molecule has 10 aliphatic rings. The predicted octanol–water partition coefficient (Wildman–Crippen LogP) is 10.6. The Labute approximate surface area is 316 Å². The van der Waals surface area contributed by atoms with Gasteiger partial charge in [-0.3, -0.25) is 0 Å². The van der Waals surface area contributed by atoms with Crippen LogP contribution in [0.2, 0.25) is 0 Å². The molecule has 1 aromatic heterocycles. The molecule has 6 unspecified atom stereocenters. The summed E-state index contributed by atoms with van der Waals surface area (Å²) in [7, 11) is 0. The molecule has 2 aliphatic heterocycles. The van der Waals surface area contributed by atoms with Gasteiger partial charge in [0.05, 0.1) is 10.6 Å². The first-order chi connectivity index (χ1) is 25.8. The van der Waals surface area contributed by atoms with Gasteiger partial charge in [-0.25, -0.2) is 0 Å². The van der Waals surface area contributed by atoms with Crippen molar-refractivity contribution in [1.29, 1.82) is 0 Å². The van der Waals surface area contributed by atoms with Crippen molar-refractivity contribution >= 4 is 40.4 Å². The van der Waals surface area contributed by atoms with Crippen molar-refractivity contribution in [2.75, 3.05) is 0 Å². The number of hydrogen-bond donors (Lipinski definition) is 0. The first kappa shape index (κ1) is 31.8. The van der Waals surface area contributed by atoms with Crippen molar-refractivity contribution in [3.8, 4) is 0 Å². The van der Waals surface area contributed by atoms with E-state index in [2.05, 4.69) is 131 Å². The molecule has 0 radical (unpaired) electrons. The van der Waals surface area contributed by atoms with E-state index in [1.807, 2.05) is 0 Å². The van der Waals surface area contributed by atoms with E-state index in [4.69, 9.17) is 4.74 Å². The summed E-state index contributed by atoms with van der Waals surface area (Å²) in [5, 5.41) is 2.08. The molecule has 0 N–H and O–H groups in total. The van der Waals surface area contributed by atoms with Gasteiger partial charge in [-0.1, -0.05) is 97.2 Å². The van der Waals surface area contributed by atoms with Gasteiger partial charge in [0.25, 0.3) is 0 Å². The van der Waals surface area contributed by atoms with Gasteiger partial charge < -0.3 is 9.64 Å². The Bertz CT molecular complexity index is 2250. The Morgan fingerprint density at radius 2 is 1.71 bits per heavy atom. The van der Waals surface area contributed by atoms with Crippen LogP contribution in [0, 0.1) is 17.8 Å². The molecule has 52 heavy (non-hydrogen) atoms. The average Bonchev–Trinajstić information content (AvgIpc) is 3.90. The van der Waals surface area contributed by atoms with Crippen LogP contribution in [0.25, 0.3) is 17.3 Å². The van der Waals surface area contributed by atoms with Crippen molar-refractivity contribution in [2.45, 2.75) is 94.4 Å². The van der Waals surface area contributed by atoms with E-state index in [0.29, 0.717) is 29.1 Å². The Balaban J connectivity index is 0.951. The lowest BCUT2D eigenvalue weighted by Gasteiger charge is -2.38. The highest BCUT2D eigenvalue weighted by molar-refractivity contribution is 8.04. The number of ether oxygens (including phenoxy) is 1. The van der Waals surface area contributed by atoms with Crippen LogP contribution in [-0.2, 0) is 11.2 Å². The smallest absolute Gasteiger partial charge is 0.109 e. The third-order valence-electron chi connectivity index (χ3n) is 13.0. The SMILES string of the molecule is C1=CC(C2=CCCc3c2sc2c3=CCCC=2N(C2=CCC(C3=CC4SC5=C(CCC=C5)C4C=C3)C=C2)C2C=CC3=C(C2)OC2CCC=CC32)=CCC1. The summed E-state index contributed by atoms with van der Waals surface area (Å²) >= 11 is 4.16. The number of fused-ring (bicyclic) bond motifs is 7. The molecule has 2 nitrogen and oxygen atoms in total. The summed E-state index contributed by atoms with van der Waals surface area (Å²) in [6.45, 7) is 0. The molecule has 11 rings (SSSR count). The van der Waals surface area contributed by atoms with E-state index in [1.165, 1.54) is 71.8 Å². The third kappa shape index (κ3) is 5.26. The summed E-state index contributed by atoms with van der Waals surface area (Å²) in [4.78, 5) is 5.80. The molecule has 0 fully saturated rings. The average molecular weight is 718 g/mol. The van der Waals surface area contributed by atoms with Crippen molar-refractivity contribution < 1.29 is 4.74 Å². The summed E-state index contributed by atoms with van der Waals surface area (Å²) in [6.07, 6.45) is 55.6. The van der Waals surface area contributed by atoms with Crippen LogP contribution < -0.4 is 9.75 Å². The van der Waals surface area contributed by atoms with Crippen LogP contribution in [0.3, 0.4) is 0 Å². The molecular formula is C48H47NOS2. The van der Waals surface area contributed by atoms with Crippen molar-refractivity contribution in [2.24, 2.45) is 17.8 Å². The fourth-order valence-electron chi connectivity index (χ4n) is 10.5. The summed E-state index contributed by atoms with van der Waals surface area (Å²) in [5.74, 6) is 2.68.